The first-order valence-electron chi connectivity index (χ1n) is 5.82. The van der Waals surface area contributed by atoms with Gasteiger partial charge in [0, 0.05) is 0 Å². The Bertz CT molecular complexity index is 367. The monoisotopic (exact) mass is 222 g/mol. The highest BCUT2D eigenvalue weighted by molar-refractivity contribution is 5.21. The molecule has 0 aromatic carbocycles. The maximum absolute atomic E-state index is 2.12. The van der Waals surface area contributed by atoms with E-state index < -0.39 is 0 Å². The number of hydrogen-bond donors (Lipinski definition) is 0. The van der Waals surface area contributed by atoms with Crippen LogP contribution in [0.1, 0.15) is 6.42 Å². The molecule has 0 aromatic rings. The van der Waals surface area contributed by atoms with Gasteiger partial charge in [-0.15, -0.1) is 0 Å². The highest BCUT2D eigenvalue weighted by atomic mass is 13.8. The Morgan fingerprint density at radius 1 is 0.294 bits per heavy atom. The van der Waals surface area contributed by atoms with Crippen molar-refractivity contribution in [3.8, 4) is 0 Å². The van der Waals surface area contributed by atoms with E-state index in [1.165, 1.54) is 0 Å². The molecule has 0 unspecified atom stereocenters. The summed E-state index contributed by atoms with van der Waals surface area (Å²) < 4.78 is 0. The van der Waals surface area contributed by atoms with Crippen molar-refractivity contribution in [2.75, 3.05) is 0 Å². The third kappa shape index (κ3) is 8.88. The lowest BCUT2D eigenvalue weighted by molar-refractivity contribution is 1.39. The van der Waals surface area contributed by atoms with Gasteiger partial charge in [0.05, 0.1) is 0 Å². The molecule has 0 heteroatoms. The van der Waals surface area contributed by atoms with Crippen molar-refractivity contribution in [3.63, 3.8) is 0 Å². The second-order valence-corrected chi connectivity index (χ2v) is 3.40. The molecular weight excluding hydrogens is 204 g/mol. The molecule has 1 aliphatic carbocycles. The maximum atomic E-state index is 2.12. The predicted octanol–water partition coefficient (Wildman–Crippen LogP) is 4.84. The maximum Gasteiger partial charge on any atom is -0.0163 e. The third-order valence-electron chi connectivity index (χ3n) is 1.99. The zero-order chi connectivity index (χ0) is 12.0. The lowest BCUT2D eigenvalue weighted by Crippen LogP contribution is -1.57. The fourth-order valence-corrected chi connectivity index (χ4v) is 1.16. The van der Waals surface area contributed by atoms with Gasteiger partial charge in [0.15, 0.2) is 0 Å². The Kier molecular flexibility index (Phi) is 7.97. The van der Waals surface area contributed by atoms with Crippen molar-refractivity contribution in [3.05, 3.63) is 97.2 Å². The normalized spacial score (nSPS) is 16.5. The van der Waals surface area contributed by atoms with Crippen LogP contribution in [0.3, 0.4) is 0 Å². The Labute approximate surface area is 104 Å². The fraction of sp³-hybridized carbons (Fsp3) is 0.0588. The molecule has 0 saturated carbocycles. The summed E-state index contributed by atoms with van der Waals surface area (Å²) in [5.41, 5.74) is 0. The highest BCUT2D eigenvalue weighted by Gasteiger charge is 1.69. The van der Waals surface area contributed by atoms with Crippen LogP contribution in [0.4, 0.5) is 0 Å². The minimum atomic E-state index is 0.960. The first-order chi connectivity index (χ1) is 8.50. The van der Waals surface area contributed by atoms with Gasteiger partial charge in [0.25, 0.3) is 0 Å². The van der Waals surface area contributed by atoms with Crippen molar-refractivity contribution >= 4 is 0 Å². The molecule has 0 spiro atoms. The molecule has 1 rings (SSSR count). The largest absolute Gasteiger partial charge is 0.0807 e. The van der Waals surface area contributed by atoms with E-state index in [9.17, 15) is 0 Å². The van der Waals surface area contributed by atoms with E-state index in [4.69, 9.17) is 0 Å². The second kappa shape index (κ2) is 10.4. The summed E-state index contributed by atoms with van der Waals surface area (Å²) in [6.45, 7) is 0. The van der Waals surface area contributed by atoms with E-state index in [0.29, 0.717) is 0 Å². The summed E-state index contributed by atoms with van der Waals surface area (Å²) in [5.74, 6) is 0. The van der Waals surface area contributed by atoms with Gasteiger partial charge in [-0.3, -0.25) is 0 Å². The molecule has 0 N–H and O–H groups in total. The van der Waals surface area contributed by atoms with E-state index in [1.807, 2.05) is 72.9 Å². The topological polar surface area (TPSA) is 0 Å². The summed E-state index contributed by atoms with van der Waals surface area (Å²) in [5, 5.41) is 0. The molecule has 0 amide bonds. The number of allylic oxidation sites excluding steroid dienone is 16. The molecule has 0 bridgehead atoms. The van der Waals surface area contributed by atoms with Crippen LogP contribution in [0.25, 0.3) is 0 Å². The molecule has 1 aliphatic rings. The number of hydrogen-bond acceptors (Lipinski definition) is 0. The second-order valence-electron chi connectivity index (χ2n) is 3.40. The zero-order valence-corrected chi connectivity index (χ0v) is 9.94. The van der Waals surface area contributed by atoms with Crippen LogP contribution in [0.15, 0.2) is 97.2 Å². The predicted molar refractivity (Wildman–Crippen MR) is 77.7 cm³/mol. The van der Waals surface area contributed by atoms with Crippen molar-refractivity contribution in [2.24, 2.45) is 0 Å². The van der Waals surface area contributed by atoms with Crippen LogP contribution in [-0.4, -0.2) is 0 Å². The summed E-state index contributed by atoms with van der Waals surface area (Å²) >= 11 is 0. The van der Waals surface area contributed by atoms with Gasteiger partial charge in [-0.2, -0.15) is 0 Å². The van der Waals surface area contributed by atoms with E-state index >= 15 is 0 Å². The minimum absolute atomic E-state index is 0.960. The van der Waals surface area contributed by atoms with Gasteiger partial charge < -0.3 is 0 Å². The lowest BCUT2D eigenvalue weighted by atomic mass is 10.3. The van der Waals surface area contributed by atoms with E-state index in [1.54, 1.807) is 0 Å². The standard InChI is InChI=1S/C17H18/c1-2-4-6-8-10-12-14-16-17-15-13-11-9-7-5-3-1/h1-16H,17H2. The molecule has 0 aliphatic heterocycles. The highest BCUT2D eigenvalue weighted by Crippen LogP contribution is 1.90. The average molecular weight is 222 g/mol. The Hall–Kier alpha value is -2.08. The van der Waals surface area contributed by atoms with Crippen molar-refractivity contribution in [1.29, 1.82) is 0 Å². The van der Waals surface area contributed by atoms with Crippen molar-refractivity contribution in [2.45, 2.75) is 6.42 Å². The molecule has 0 heterocycles. The summed E-state index contributed by atoms with van der Waals surface area (Å²) in [4.78, 5) is 0. The molecule has 17 heavy (non-hydrogen) atoms. The average Bonchev–Trinajstić information content (AvgIpc) is 2.35. The molecule has 0 atom stereocenters. The van der Waals surface area contributed by atoms with Crippen LogP contribution in [-0.2, 0) is 0 Å². The fourth-order valence-electron chi connectivity index (χ4n) is 1.16. The molecule has 0 aromatic heterocycles. The van der Waals surface area contributed by atoms with E-state index in [2.05, 4.69) is 24.3 Å². The minimum Gasteiger partial charge on any atom is -0.0807 e. The number of rotatable bonds is 0. The Balaban J connectivity index is 2.62. The first kappa shape index (κ1) is 13.0. The zero-order valence-electron chi connectivity index (χ0n) is 9.94. The van der Waals surface area contributed by atoms with Crippen LogP contribution in [0.5, 0.6) is 0 Å². The van der Waals surface area contributed by atoms with Crippen LogP contribution in [0.2, 0.25) is 0 Å². The SMILES string of the molecule is C1=CC=CC=CC=CCC=CC=CC=CC=C1. The van der Waals surface area contributed by atoms with Crippen LogP contribution < -0.4 is 0 Å². The van der Waals surface area contributed by atoms with Gasteiger partial charge in [0.1, 0.15) is 0 Å². The van der Waals surface area contributed by atoms with Crippen LogP contribution in [0, 0.1) is 0 Å². The van der Waals surface area contributed by atoms with Gasteiger partial charge in [-0.25, -0.2) is 0 Å². The van der Waals surface area contributed by atoms with Gasteiger partial charge in [-0.1, -0.05) is 97.2 Å². The smallest absolute Gasteiger partial charge is 0.0163 e. The Morgan fingerprint density at radius 2 is 0.529 bits per heavy atom. The molecular formula is C17H18. The molecule has 86 valence electrons. The van der Waals surface area contributed by atoms with Crippen LogP contribution >= 0.6 is 0 Å². The molecule has 0 radical (unpaired) electrons. The van der Waals surface area contributed by atoms with Gasteiger partial charge >= 0.3 is 0 Å². The van der Waals surface area contributed by atoms with Gasteiger partial charge in [-0.05, 0) is 6.42 Å². The lowest BCUT2D eigenvalue weighted by Gasteiger charge is -1.78. The summed E-state index contributed by atoms with van der Waals surface area (Å²) in [7, 11) is 0. The van der Waals surface area contributed by atoms with E-state index in [0.717, 1.165) is 6.42 Å². The molecule has 0 nitrogen and oxygen atoms in total. The van der Waals surface area contributed by atoms with E-state index in [-0.39, 0.29) is 0 Å². The van der Waals surface area contributed by atoms with Crippen molar-refractivity contribution in [1.82, 2.24) is 0 Å². The Morgan fingerprint density at radius 3 is 0.824 bits per heavy atom. The van der Waals surface area contributed by atoms with Crippen molar-refractivity contribution < 1.29 is 0 Å². The molecule has 0 fully saturated rings. The third-order valence-corrected chi connectivity index (χ3v) is 1.99. The molecule has 0 saturated heterocycles. The summed E-state index contributed by atoms with van der Waals surface area (Å²) in [6.07, 6.45) is 33.5. The quantitative estimate of drug-likeness (QED) is 0.550. The summed E-state index contributed by atoms with van der Waals surface area (Å²) in [6, 6.07) is 0. The van der Waals surface area contributed by atoms with Gasteiger partial charge in [0.2, 0.25) is 0 Å². The first-order valence-corrected chi connectivity index (χ1v) is 5.82.